The van der Waals surface area contributed by atoms with Crippen molar-refractivity contribution in [1.29, 1.82) is 0 Å². The molecule has 1 atom stereocenters. The fraction of sp³-hybridized carbons (Fsp3) is 0.548. The number of esters is 1. The van der Waals surface area contributed by atoms with Gasteiger partial charge in [0.15, 0.2) is 11.9 Å². The first-order valence-corrected chi connectivity index (χ1v) is 13.7. The molecule has 0 radical (unpaired) electrons. The highest BCUT2D eigenvalue weighted by atomic mass is 16.5. The Morgan fingerprint density at radius 1 is 0.914 bits per heavy atom. The third-order valence-corrected chi connectivity index (χ3v) is 9.01. The Hall–Kier alpha value is -2.46. The third-order valence-electron chi connectivity index (χ3n) is 9.01. The first kappa shape index (κ1) is 24.2. The summed E-state index contributed by atoms with van der Waals surface area (Å²) in [5.74, 6) is 0.710. The van der Waals surface area contributed by atoms with Crippen molar-refractivity contribution in [2.45, 2.75) is 76.2 Å². The van der Waals surface area contributed by atoms with Gasteiger partial charge in [0.05, 0.1) is 18.5 Å². The van der Waals surface area contributed by atoms with Crippen molar-refractivity contribution >= 4 is 11.8 Å². The molecule has 4 aliphatic rings. The van der Waals surface area contributed by atoms with Crippen LogP contribution >= 0.6 is 0 Å². The van der Waals surface area contributed by atoms with E-state index in [2.05, 4.69) is 43.3 Å². The Bertz CT molecular complexity index is 1010. The second-order valence-corrected chi connectivity index (χ2v) is 11.5. The van der Waals surface area contributed by atoms with E-state index in [-0.39, 0.29) is 12.1 Å². The number of piperidine rings is 3. The lowest BCUT2D eigenvalue weighted by atomic mass is 9.74. The van der Waals surface area contributed by atoms with Gasteiger partial charge in [-0.05, 0) is 30.9 Å². The van der Waals surface area contributed by atoms with E-state index in [1.54, 1.807) is 0 Å². The summed E-state index contributed by atoms with van der Waals surface area (Å²) in [6.45, 7) is 5.48. The van der Waals surface area contributed by atoms with Crippen molar-refractivity contribution < 1.29 is 18.8 Å². The fourth-order valence-corrected chi connectivity index (χ4v) is 6.89. The SMILES string of the molecule is Cc1ccc(CC(=O)C[N+]23CCC(CC2)[C@@H](OC(=O)C2(c4ccccc4)CCCCCC2)C3)cc1. The van der Waals surface area contributed by atoms with Gasteiger partial charge in [-0.15, -0.1) is 0 Å². The maximum atomic E-state index is 13.9. The number of carbonyl (C=O) groups excluding carboxylic acids is 2. The molecule has 0 spiro atoms. The molecular weight excluding hydrogens is 434 g/mol. The molecule has 35 heavy (non-hydrogen) atoms. The molecule has 186 valence electrons. The summed E-state index contributed by atoms with van der Waals surface area (Å²) in [6, 6.07) is 18.6. The molecule has 2 bridgehead atoms. The second kappa shape index (κ2) is 10.3. The van der Waals surface area contributed by atoms with Gasteiger partial charge >= 0.3 is 5.97 Å². The molecule has 2 aromatic carbocycles. The van der Waals surface area contributed by atoms with Crippen molar-refractivity contribution in [3.8, 4) is 0 Å². The van der Waals surface area contributed by atoms with Crippen molar-refractivity contribution in [2.24, 2.45) is 5.92 Å². The van der Waals surface area contributed by atoms with Crippen LogP contribution in [0.3, 0.4) is 0 Å². The van der Waals surface area contributed by atoms with Crippen molar-refractivity contribution in [3.63, 3.8) is 0 Å². The summed E-state index contributed by atoms with van der Waals surface area (Å²) in [4.78, 5) is 27.0. The van der Waals surface area contributed by atoms with Gasteiger partial charge in [-0.3, -0.25) is 9.59 Å². The average Bonchev–Trinajstić information content (AvgIpc) is 3.14. The number of nitrogens with zero attached hydrogens (tertiary/aromatic N) is 1. The molecule has 4 nitrogen and oxygen atoms in total. The molecule has 1 aliphatic carbocycles. The second-order valence-electron chi connectivity index (χ2n) is 11.5. The number of Topliss-reactive ketones (excluding diaryl/α,β-unsaturated/α-hetero) is 1. The van der Waals surface area contributed by atoms with Crippen molar-refractivity contribution in [2.75, 3.05) is 26.2 Å². The van der Waals surface area contributed by atoms with E-state index in [1.165, 1.54) is 18.4 Å². The molecule has 4 fully saturated rings. The predicted octanol–water partition coefficient (Wildman–Crippen LogP) is 5.55. The lowest BCUT2D eigenvalue weighted by molar-refractivity contribution is -0.939. The summed E-state index contributed by atoms with van der Waals surface area (Å²) in [7, 11) is 0. The van der Waals surface area contributed by atoms with E-state index in [0.29, 0.717) is 24.7 Å². The van der Waals surface area contributed by atoms with Crippen LogP contribution in [0, 0.1) is 12.8 Å². The van der Waals surface area contributed by atoms with Gasteiger partial charge in [0.1, 0.15) is 13.1 Å². The Morgan fingerprint density at radius 3 is 2.23 bits per heavy atom. The number of carbonyl (C=O) groups is 2. The van der Waals surface area contributed by atoms with E-state index in [0.717, 1.165) is 73.8 Å². The number of aryl methyl sites for hydroxylation is 1. The van der Waals surface area contributed by atoms with Crippen molar-refractivity contribution in [1.82, 2.24) is 0 Å². The van der Waals surface area contributed by atoms with Crippen LogP contribution in [0.1, 0.15) is 68.1 Å². The van der Waals surface area contributed by atoms with Crippen LogP contribution in [0.25, 0.3) is 0 Å². The van der Waals surface area contributed by atoms with Gasteiger partial charge < -0.3 is 9.22 Å². The summed E-state index contributed by atoms with van der Waals surface area (Å²) in [5.41, 5.74) is 2.90. The van der Waals surface area contributed by atoms with Gasteiger partial charge in [0.25, 0.3) is 0 Å². The number of quaternary nitrogens is 1. The lowest BCUT2D eigenvalue weighted by Gasteiger charge is -2.52. The van der Waals surface area contributed by atoms with Gasteiger partial charge in [0.2, 0.25) is 0 Å². The van der Waals surface area contributed by atoms with Crippen LogP contribution in [0.15, 0.2) is 54.6 Å². The van der Waals surface area contributed by atoms with Crippen LogP contribution in [-0.2, 0) is 26.2 Å². The molecular formula is C31H40NO3+. The zero-order valence-corrected chi connectivity index (χ0v) is 21.2. The molecule has 6 rings (SSSR count). The first-order valence-electron chi connectivity index (χ1n) is 13.7. The number of benzene rings is 2. The minimum absolute atomic E-state index is 0.0199. The maximum Gasteiger partial charge on any atom is 0.317 e. The molecule has 4 heteroatoms. The molecule has 2 aromatic rings. The monoisotopic (exact) mass is 474 g/mol. The number of fused-ring (bicyclic) bond motifs is 3. The van der Waals surface area contributed by atoms with Gasteiger partial charge in [-0.2, -0.15) is 0 Å². The molecule has 0 unspecified atom stereocenters. The number of rotatable bonds is 7. The topological polar surface area (TPSA) is 43.4 Å². The normalized spacial score (nSPS) is 27.7. The summed E-state index contributed by atoms with van der Waals surface area (Å²) < 4.78 is 7.24. The minimum atomic E-state index is -0.518. The van der Waals surface area contributed by atoms with E-state index in [1.807, 2.05) is 18.2 Å². The molecule has 1 saturated carbocycles. The Labute approximate surface area is 210 Å². The summed E-state index contributed by atoms with van der Waals surface area (Å²) in [6.07, 6.45) is 8.81. The van der Waals surface area contributed by atoms with E-state index in [4.69, 9.17) is 4.74 Å². The highest BCUT2D eigenvalue weighted by molar-refractivity contribution is 5.83. The Kier molecular flexibility index (Phi) is 7.11. The van der Waals surface area contributed by atoms with Crippen LogP contribution in [-0.4, -0.2) is 48.5 Å². The van der Waals surface area contributed by atoms with E-state index >= 15 is 0 Å². The first-order chi connectivity index (χ1) is 17.0. The average molecular weight is 475 g/mol. The zero-order chi connectivity index (χ0) is 24.3. The van der Waals surface area contributed by atoms with Crippen LogP contribution < -0.4 is 0 Å². The smallest absolute Gasteiger partial charge is 0.317 e. The van der Waals surface area contributed by atoms with Crippen molar-refractivity contribution in [3.05, 3.63) is 71.3 Å². The molecule has 0 aromatic heterocycles. The number of hydrogen-bond acceptors (Lipinski definition) is 3. The molecule has 3 aliphatic heterocycles. The summed E-state index contributed by atoms with van der Waals surface area (Å²) in [5, 5.41) is 0. The lowest BCUT2D eigenvalue weighted by Crippen LogP contribution is -2.66. The van der Waals surface area contributed by atoms with E-state index in [9.17, 15) is 9.59 Å². The number of ketones is 1. The largest absolute Gasteiger partial charge is 0.455 e. The van der Waals surface area contributed by atoms with Crippen LogP contribution in [0.5, 0.6) is 0 Å². The highest BCUT2D eigenvalue weighted by Crippen LogP contribution is 2.42. The standard InChI is InChI=1S/C31H40NO3/c1-24-11-13-25(14-12-24)21-28(33)22-32-19-15-26(16-20-32)29(23-32)35-30(34)31(17-7-2-3-8-18-31)27-9-5-4-6-10-27/h4-6,9-14,26,29H,2-3,7-8,15-23H2,1H3/q+1/t26?,29-,32?/m0/s1. The van der Waals surface area contributed by atoms with Gasteiger partial charge in [0, 0.05) is 25.2 Å². The molecule has 3 heterocycles. The fourth-order valence-electron chi connectivity index (χ4n) is 6.89. The van der Waals surface area contributed by atoms with Gasteiger partial charge in [-0.1, -0.05) is 85.8 Å². The quantitative estimate of drug-likeness (QED) is 0.300. The van der Waals surface area contributed by atoms with Crippen LogP contribution in [0.4, 0.5) is 0 Å². The van der Waals surface area contributed by atoms with Crippen LogP contribution in [0.2, 0.25) is 0 Å². The Morgan fingerprint density at radius 2 is 1.57 bits per heavy atom. The summed E-state index contributed by atoms with van der Waals surface area (Å²) >= 11 is 0. The highest BCUT2D eigenvalue weighted by Gasteiger charge is 2.50. The maximum absolute atomic E-state index is 13.9. The minimum Gasteiger partial charge on any atom is -0.455 e. The van der Waals surface area contributed by atoms with Gasteiger partial charge in [-0.25, -0.2) is 0 Å². The molecule has 0 N–H and O–H groups in total. The van der Waals surface area contributed by atoms with E-state index < -0.39 is 5.41 Å². The Balaban J connectivity index is 1.29. The molecule has 0 amide bonds. The molecule has 3 saturated heterocycles. The zero-order valence-electron chi connectivity index (χ0n) is 21.2. The number of ether oxygens (including phenoxy) is 1. The predicted molar refractivity (Wildman–Crippen MR) is 138 cm³/mol. The number of hydrogen-bond donors (Lipinski definition) is 0. The third kappa shape index (κ3) is 5.23.